The highest BCUT2D eigenvalue weighted by Crippen LogP contribution is 2.66. The maximum Gasteiger partial charge on any atom is 0.228 e. The van der Waals surface area contributed by atoms with Crippen LogP contribution in [0.3, 0.4) is 0 Å². The minimum Gasteiger partial charge on any atom is -0.367 e. The van der Waals surface area contributed by atoms with Crippen molar-refractivity contribution in [3.8, 4) is 0 Å². The van der Waals surface area contributed by atoms with Gasteiger partial charge in [0.15, 0.2) is 0 Å². The fraction of sp³-hybridized carbons (Fsp3) is 0.704. The lowest BCUT2D eigenvalue weighted by Gasteiger charge is -2.60. The van der Waals surface area contributed by atoms with Crippen molar-refractivity contribution in [2.24, 2.45) is 34.5 Å². The molecule has 1 saturated heterocycles. The van der Waals surface area contributed by atoms with E-state index in [1.807, 2.05) is 12.1 Å². The molecule has 8 atom stereocenters. The Morgan fingerprint density at radius 2 is 1.68 bits per heavy atom. The van der Waals surface area contributed by atoms with Crippen LogP contribution in [0.4, 0.5) is 5.69 Å². The fourth-order valence-electron chi connectivity index (χ4n) is 8.12. The molecule has 3 aliphatic carbocycles. The first-order chi connectivity index (χ1) is 14.8. The van der Waals surface area contributed by atoms with E-state index in [0.29, 0.717) is 17.8 Å². The molecular formula is C27H37NO3. The fourth-order valence-corrected chi connectivity index (χ4v) is 8.12. The van der Waals surface area contributed by atoms with E-state index in [2.05, 4.69) is 38.2 Å². The van der Waals surface area contributed by atoms with Gasteiger partial charge in [-0.2, -0.15) is 0 Å². The standard InChI is InChI=1S/C27H37NO3/c1-17-4-6-18(7-5-17)28-25(30)23-10-9-21-20-8-11-24-27(3,14-12-19(16-29)31-24)22(20)13-15-26(21,23)2/h4-7,16,19-24H,8-15H2,1-3H3,(H,28,30)/t19?,20-,21-,22-,23+,24+,26-,27+/m0/s1. The Bertz CT molecular complexity index is 851. The molecule has 0 bridgehead atoms. The van der Waals surface area contributed by atoms with Gasteiger partial charge in [0.25, 0.3) is 0 Å². The van der Waals surface area contributed by atoms with Gasteiger partial charge in [-0.15, -0.1) is 0 Å². The molecule has 1 amide bonds. The van der Waals surface area contributed by atoms with E-state index in [1.165, 1.54) is 24.8 Å². The smallest absolute Gasteiger partial charge is 0.228 e. The molecule has 1 aromatic carbocycles. The topological polar surface area (TPSA) is 55.4 Å². The average Bonchev–Trinajstić information content (AvgIpc) is 3.12. The molecule has 4 heteroatoms. The largest absolute Gasteiger partial charge is 0.367 e. The number of carbonyl (C=O) groups excluding carboxylic acids is 2. The van der Waals surface area contributed by atoms with Crippen molar-refractivity contribution in [2.75, 3.05) is 5.32 Å². The van der Waals surface area contributed by atoms with Gasteiger partial charge in [0, 0.05) is 11.6 Å². The molecule has 168 valence electrons. The maximum absolute atomic E-state index is 13.3. The quantitative estimate of drug-likeness (QED) is 0.650. The Kier molecular flexibility index (Phi) is 5.28. The van der Waals surface area contributed by atoms with Crippen LogP contribution in [0.15, 0.2) is 24.3 Å². The van der Waals surface area contributed by atoms with Crippen molar-refractivity contribution in [3.63, 3.8) is 0 Å². The van der Waals surface area contributed by atoms with E-state index in [9.17, 15) is 9.59 Å². The molecule has 31 heavy (non-hydrogen) atoms. The number of aldehydes is 1. The van der Waals surface area contributed by atoms with Crippen molar-refractivity contribution in [1.29, 1.82) is 0 Å². The third-order valence-electron chi connectivity index (χ3n) is 9.88. The number of fused-ring (bicyclic) bond motifs is 5. The van der Waals surface area contributed by atoms with Crippen molar-refractivity contribution in [2.45, 2.75) is 84.3 Å². The minimum absolute atomic E-state index is 0.0972. The van der Waals surface area contributed by atoms with E-state index in [-0.39, 0.29) is 34.9 Å². The van der Waals surface area contributed by atoms with Crippen LogP contribution in [0.5, 0.6) is 0 Å². The van der Waals surface area contributed by atoms with Gasteiger partial charge >= 0.3 is 0 Å². The van der Waals surface area contributed by atoms with E-state index in [1.54, 1.807) is 0 Å². The molecule has 0 spiro atoms. The Hall–Kier alpha value is -1.68. The van der Waals surface area contributed by atoms with Gasteiger partial charge in [-0.3, -0.25) is 4.79 Å². The third kappa shape index (κ3) is 3.37. The number of amides is 1. The number of rotatable bonds is 3. The molecule has 5 rings (SSSR count). The number of ether oxygens (including phenoxy) is 1. The number of nitrogens with one attached hydrogen (secondary N) is 1. The lowest BCUT2D eigenvalue weighted by atomic mass is 9.47. The highest BCUT2D eigenvalue weighted by molar-refractivity contribution is 5.93. The first-order valence-corrected chi connectivity index (χ1v) is 12.3. The summed E-state index contributed by atoms with van der Waals surface area (Å²) in [5.74, 6) is 2.29. The number of carbonyl (C=O) groups is 2. The van der Waals surface area contributed by atoms with Gasteiger partial charge in [-0.1, -0.05) is 31.5 Å². The van der Waals surface area contributed by atoms with Gasteiger partial charge in [-0.05, 0) is 99.0 Å². The highest BCUT2D eigenvalue weighted by atomic mass is 16.5. The van der Waals surface area contributed by atoms with Crippen LogP contribution in [-0.4, -0.2) is 24.4 Å². The number of aryl methyl sites for hydroxylation is 1. The number of hydrogen-bond donors (Lipinski definition) is 1. The maximum atomic E-state index is 13.3. The number of benzene rings is 1. The molecule has 1 unspecified atom stereocenters. The van der Waals surface area contributed by atoms with Crippen LogP contribution in [-0.2, 0) is 14.3 Å². The lowest BCUT2D eigenvalue weighted by molar-refractivity contribution is -0.195. The van der Waals surface area contributed by atoms with Gasteiger partial charge < -0.3 is 14.8 Å². The number of hydrogen-bond acceptors (Lipinski definition) is 3. The van der Waals surface area contributed by atoms with Crippen molar-refractivity contribution in [3.05, 3.63) is 29.8 Å². The Morgan fingerprint density at radius 1 is 0.968 bits per heavy atom. The lowest BCUT2D eigenvalue weighted by Crippen LogP contribution is -2.57. The zero-order valence-electron chi connectivity index (χ0n) is 19.2. The van der Waals surface area contributed by atoms with Gasteiger partial charge in [0.1, 0.15) is 12.4 Å². The zero-order chi connectivity index (χ0) is 21.8. The number of anilines is 1. The summed E-state index contributed by atoms with van der Waals surface area (Å²) in [7, 11) is 0. The summed E-state index contributed by atoms with van der Waals surface area (Å²) < 4.78 is 6.23. The van der Waals surface area contributed by atoms with Crippen LogP contribution < -0.4 is 5.32 Å². The van der Waals surface area contributed by atoms with Crippen LogP contribution >= 0.6 is 0 Å². The molecule has 1 heterocycles. The molecule has 4 fully saturated rings. The SMILES string of the molecule is Cc1ccc(NC(=O)[C@H]2CC[C@H]3[C@@H]4CC[C@H]5OC(C=O)CC[C@]5(C)[C@H]4CC[C@]23C)cc1. The van der Waals surface area contributed by atoms with E-state index >= 15 is 0 Å². The molecular weight excluding hydrogens is 386 g/mol. The predicted molar refractivity (Wildman–Crippen MR) is 122 cm³/mol. The van der Waals surface area contributed by atoms with E-state index < -0.39 is 0 Å². The first-order valence-electron chi connectivity index (χ1n) is 12.3. The molecule has 1 aliphatic heterocycles. The minimum atomic E-state index is -0.204. The first kappa shape index (κ1) is 21.2. The molecule has 1 aromatic rings. The van der Waals surface area contributed by atoms with Gasteiger partial charge in [0.05, 0.1) is 6.10 Å². The average molecular weight is 424 g/mol. The molecule has 0 radical (unpaired) electrons. The van der Waals surface area contributed by atoms with Gasteiger partial charge in [-0.25, -0.2) is 0 Å². The van der Waals surface area contributed by atoms with Crippen LogP contribution in [0, 0.1) is 41.4 Å². The predicted octanol–water partition coefficient (Wildman–Crippen LogP) is 5.54. The Balaban J connectivity index is 1.33. The van der Waals surface area contributed by atoms with Gasteiger partial charge in [0.2, 0.25) is 5.91 Å². The van der Waals surface area contributed by atoms with Crippen molar-refractivity contribution >= 4 is 17.9 Å². The van der Waals surface area contributed by atoms with Crippen LogP contribution in [0.2, 0.25) is 0 Å². The summed E-state index contributed by atoms with van der Waals surface area (Å²) in [4.78, 5) is 24.6. The molecule has 1 N–H and O–H groups in total. The zero-order valence-corrected chi connectivity index (χ0v) is 19.2. The second kappa shape index (κ2) is 7.72. The summed E-state index contributed by atoms with van der Waals surface area (Å²) in [5.41, 5.74) is 2.40. The second-order valence-corrected chi connectivity index (χ2v) is 11.3. The molecule has 3 saturated carbocycles. The highest BCUT2D eigenvalue weighted by Gasteiger charge is 2.61. The van der Waals surface area contributed by atoms with Crippen LogP contribution in [0.25, 0.3) is 0 Å². The van der Waals surface area contributed by atoms with E-state index in [0.717, 1.165) is 44.1 Å². The third-order valence-corrected chi connectivity index (χ3v) is 9.88. The summed E-state index contributed by atoms with van der Waals surface area (Å²) in [6, 6.07) is 8.13. The van der Waals surface area contributed by atoms with Crippen molar-refractivity contribution in [1.82, 2.24) is 0 Å². The normalized spacial score (nSPS) is 44.0. The molecule has 4 nitrogen and oxygen atoms in total. The Labute approximate surface area is 186 Å². The molecule has 0 aromatic heterocycles. The van der Waals surface area contributed by atoms with Crippen molar-refractivity contribution < 1.29 is 14.3 Å². The summed E-state index contributed by atoms with van der Waals surface area (Å²) in [6.07, 6.45) is 9.72. The van der Waals surface area contributed by atoms with E-state index in [4.69, 9.17) is 4.74 Å². The monoisotopic (exact) mass is 423 g/mol. The summed E-state index contributed by atoms with van der Waals surface area (Å²) >= 11 is 0. The summed E-state index contributed by atoms with van der Waals surface area (Å²) in [5, 5.41) is 3.21. The molecule has 4 aliphatic rings. The summed E-state index contributed by atoms with van der Waals surface area (Å²) in [6.45, 7) is 6.89. The van der Waals surface area contributed by atoms with Crippen LogP contribution in [0.1, 0.15) is 70.8 Å². The Morgan fingerprint density at radius 3 is 2.42 bits per heavy atom. The second-order valence-electron chi connectivity index (χ2n) is 11.3.